The average Bonchev–Trinajstić information content (AvgIpc) is 2.33. The van der Waals surface area contributed by atoms with E-state index in [4.69, 9.17) is 13.8 Å². The second-order valence-electron chi connectivity index (χ2n) is 5.24. The summed E-state index contributed by atoms with van der Waals surface area (Å²) < 4.78 is 28.7. The van der Waals surface area contributed by atoms with Gasteiger partial charge in [0.25, 0.3) is 0 Å². The van der Waals surface area contributed by atoms with Crippen molar-refractivity contribution in [1.82, 2.24) is 5.32 Å². The summed E-state index contributed by atoms with van der Waals surface area (Å²) in [5.41, 5.74) is -0.138. The molecule has 0 rings (SSSR count). The van der Waals surface area contributed by atoms with Gasteiger partial charge in [-0.3, -0.25) is 4.57 Å². The van der Waals surface area contributed by atoms with Gasteiger partial charge >= 0.3 is 7.60 Å². The monoisotopic (exact) mass is 295 g/mol. The Hall–Kier alpha value is 0.0700. The lowest BCUT2D eigenvalue weighted by Crippen LogP contribution is -2.41. The SMILES string of the molecule is CCCOP(=O)(OCC(COC)NC(C)C)C(C)C. The van der Waals surface area contributed by atoms with E-state index in [2.05, 4.69) is 19.2 Å². The van der Waals surface area contributed by atoms with Crippen molar-refractivity contribution in [3.8, 4) is 0 Å². The molecule has 0 aliphatic heterocycles. The molecule has 19 heavy (non-hydrogen) atoms. The van der Waals surface area contributed by atoms with Gasteiger partial charge in [0, 0.05) is 13.2 Å². The molecule has 0 saturated heterocycles. The average molecular weight is 295 g/mol. The van der Waals surface area contributed by atoms with Crippen LogP contribution in [0.3, 0.4) is 0 Å². The lowest BCUT2D eigenvalue weighted by atomic mass is 10.3. The predicted molar refractivity (Wildman–Crippen MR) is 78.9 cm³/mol. The quantitative estimate of drug-likeness (QED) is 0.594. The molecule has 0 aromatic rings. The minimum absolute atomic E-state index is 0.0160. The van der Waals surface area contributed by atoms with Crippen molar-refractivity contribution >= 4 is 7.60 Å². The standard InChI is InChI=1S/C13H30NO4P/c1-7-8-17-19(15,12(4)5)18-10-13(9-16-6)14-11(2)3/h11-14H,7-10H2,1-6H3. The lowest BCUT2D eigenvalue weighted by molar-refractivity contribution is 0.118. The Balaban J connectivity index is 4.45. The Kier molecular flexibility index (Phi) is 9.93. The zero-order chi connectivity index (χ0) is 14.9. The number of nitrogens with one attached hydrogen (secondary N) is 1. The molecule has 0 fully saturated rings. The van der Waals surface area contributed by atoms with Crippen LogP contribution in [0.4, 0.5) is 0 Å². The third-order valence-corrected chi connectivity index (χ3v) is 4.82. The molecule has 0 amide bonds. The second kappa shape index (κ2) is 9.89. The van der Waals surface area contributed by atoms with Crippen molar-refractivity contribution < 1.29 is 18.3 Å². The van der Waals surface area contributed by atoms with E-state index in [0.717, 1.165) is 6.42 Å². The van der Waals surface area contributed by atoms with E-state index < -0.39 is 7.60 Å². The number of rotatable bonds is 11. The summed E-state index contributed by atoms with van der Waals surface area (Å²) in [6.07, 6.45) is 0.825. The van der Waals surface area contributed by atoms with Gasteiger partial charge in [-0.05, 0) is 6.42 Å². The van der Waals surface area contributed by atoms with Gasteiger partial charge < -0.3 is 19.1 Å². The molecule has 0 radical (unpaired) electrons. The molecule has 0 spiro atoms. The first-order valence-electron chi connectivity index (χ1n) is 6.99. The van der Waals surface area contributed by atoms with Gasteiger partial charge in [-0.2, -0.15) is 0 Å². The summed E-state index contributed by atoms with van der Waals surface area (Å²) in [5.74, 6) is 0. The molecule has 0 aromatic heterocycles. The Morgan fingerprint density at radius 2 is 1.74 bits per heavy atom. The molecule has 0 saturated carbocycles. The molecule has 0 aromatic carbocycles. The highest BCUT2D eigenvalue weighted by atomic mass is 31.2. The Labute approximate surface area is 117 Å². The van der Waals surface area contributed by atoms with Crippen LogP contribution in [0.15, 0.2) is 0 Å². The zero-order valence-electron chi connectivity index (χ0n) is 13.1. The molecular weight excluding hydrogens is 265 g/mol. The predicted octanol–water partition coefficient (Wildman–Crippen LogP) is 3.04. The Morgan fingerprint density at radius 3 is 2.16 bits per heavy atom. The van der Waals surface area contributed by atoms with Crippen LogP contribution in [-0.2, 0) is 18.3 Å². The molecule has 0 aliphatic rings. The number of hydrogen-bond acceptors (Lipinski definition) is 5. The van der Waals surface area contributed by atoms with Crippen molar-refractivity contribution in [3.05, 3.63) is 0 Å². The van der Waals surface area contributed by atoms with Crippen LogP contribution in [-0.4, -0.2) is 44.7 Å². The Bertz CT molecular complexity index is 271. The van der Waals surface area contributed by atoms with Crippen molar-refractivity contribution in [3.63, 3.8) is 0 Å². The summed E-state index contributed by atoms with van der Waals surface area (Å²) in [6, 6.07) is 0.334. The summed E-state index contributed by atoms with van der Waals surface area (Å²) in [7, 11) is -1.38. The van der Waals surface area contributed by atoms with Crippen LogP contribution in [0.5, 0.6) is 0 Å². The lowest BCUT2D eigenvalue weighted by Gasteiger charge is -2.26. The van der Waals surface area contributed by atoms with Gasteiger partial charge in [0.2, 0.25) is 0 Å². The van der Waals surface area contributed by atoms with Crippen molar-refractivity contribution in [2.45, 2.75) is 58.8 Å². The maximum Gasteiger partial charge on any atom is 0.333 e. The van der Waals surface area contributed by atoms with Crippen LogP contribution < -0.4 is 5.32 Å². The minimum Gasteiger partial charge on any atom is -0.383 e. The third-order valence-electron chi connectivity index (χ3n) is 2.50. The van der Waals surface area contributed by atoms with E-state index in [1.54, 1.807) is 7.11 Å². The summed E-state index contributed by atoms with van der Waals surface area (Å²) in [4.78, 5) is 0. The van der Waals surface area contributed by atoms with Crippen LogP contribution >= 0.6 is 7.60 Å². The fourth-order valence-electron chi connectivity index (χ4n) is 1.56. The number of hydrogen-bond donors (Lipinski definition) is 1. The van der Waals surface area contributed by atoms with Gasteiger partial charge in [0.1, 0.15) is 0 Å². The first-order valence-corrected chi connectivity index (χ1v) is 8.60. The zero-order valence-corrected chi connectivity index (χ0v) is 14.0. The summed E-state index contributed by atoms with van der Waals surface area (Å²) >= 11 is 0. The Morgan fingerprint density at radius 1 is 1.11 bits per heavy atom. The normalized spacial score (nSPS) is 16.8. The van der Waals surface area contributed by atoms with Gasteiger partial charge in [0.05, 0.1) is 31.5 Å². The fraction of sp³-hybridized carbons (Fsp3) is 1.00. The van der Waals surface area contributed by atoms with Gasteiger partial charge in [-0.1, -0.05) is 34.6 Å². The highest BCUT2D eigenvalue weighted by Crippen LogP contribution is 2.52. The smallest absolute Gasteiger partial charge is 0.333 e. The maximum absolute atomic E-state index is 12.6. The van der Waals surface area contributed by atoms with Gasteiger partial charge in [-0.25, -0.2) is 0 Å². The van der Waals surface area contributed by atoms with Crippen molar-refractivity contribution in [2.75, 3.05) is 26.9 Å². The van der Waals surface area contributed by atoms with E-state index >= 15 is 0 Å². The minimum atomic E-state index is -3.02. The molecule has 1 N–H and O–H groups in total. The molecule has 5 nitrogen and oxygen atoms in total. The van der Waals surface area contributed by atoms with Crippen LogP contribution in [0.25, 0.3) is 0 Å². The molecule has 0 bridgehead atoms. The van der Waals surface area contributed by atoms with Gasteiger partial charge in [0.15, 0.2) is 0 Å². The molecule has 2 atom stereocenters. The topological polar surface area (TPSA) is 56.8 Å². The molecule has 0 heterocycles. The van der Waals surface area contributed by atoms with E-state index in [1.165, 1.54) is 0 Å². The fourth-order valence-corrected chi connectivity index (χ4v) is 3.06. The molecule has 2 unspecified atom stereocenters. The van der Waals surface area contributed by atoms with Crippen molar-refractivity contribution in [2.24, 2.45) is 0 Å². The molecule has 0 aliphatic carbocycles. The summed E-state index contributed by atoms with van der Waals surface area (Å²) in [6.45, 7) is 11.1. The highest BCUT2D eigenvalue weighted by molar-refractivity contribution is 7.54. The van der Waals surface area contributed by atoms with Crippen LogP contribution in [0.1, 0.15) is 41.0 Å². The maximum atomic E-state index is 12.6. The largest absolute Gasteiger partial charge is 0.383 e. The second-order valence-corrected chi connectivity index (χ2v) is 7.87. The third kappa shape index (κ3) is 8.05. The van der Waals surface area contributed by atoms with E-state index in [-0.39, 0.29) is 11.7 Å². The van der Waals surface area contributed by atoms with Crippen molar-refractivity contribution in [1.29, 1.82) is 0 Å². The first kappa shape index (κ1) is 19.1. The molecule has 116 valence electrons. The van der Waals surface area contributed by atoms with E-state index in [0.29, 0.717) is 25.9 Å². The number of ether oxygens (including phenoxy) is 1. The van der Waals surface area contributed by atoms with E-state index in [9.17, 15) is 4.57 Å². The molecular formula is C13H30NO4P. The first-order chi connectivity index (χ1) is 8.85. The number of methoxy groups -OCH3 is 1. The van der Waals surface area contributed by atoms with E-state index in [1.807, 2.05) is 20.8 Å². The summed E-state index contributed by atoms with van der Waals surface area (Å²) in [5, 5.41) is 3.32. The van der Waals surface area contributed by atoms with Crippen LogP contribution in [0.2, 0.25) is 0 Å². The van der Waals surface area contributed by atoms with Crippen LogP contribution in [0, 0.1) is 0 Å². The highest BCUT2D eigenvalue weighted by Gasteiger charge is 2.30. The molecule has 6 heteroatoms. The van der Waals surface area contributed by atoms with Gasteiger partial charge in [-0.15, -0.1) is 0 Å².